The Bertz CT molecular complexity index is 793. The quantitative estimate of drug-likeness (QED) is 0.834. The van der Waals surface area contributed by atoms with Crippen molar-refractivity contribution in [3.63, 3.8) is 0 Å². The third-order valence-corrected chi connectivity index (χ3v) is 5.37. The Kier molecular flexibility index (Phi) is 5.85. The van der Waals surface area contributed by atoms with Crippen LogP contribution in [0.25, 0.3) is 0 Å². The topological polar surface area (TPSA) is 64.6 Å². The van der Waals surface area contributed by atoms with Crippen molar-refractivity contribution in [2.45, 2.75) is 32.2 Å². The summed E-state index contributed by atoms with van der Waals surface area (Å²) in [6, 6.07) is 10.8. The van der Waals surface area contributed by atoms with Gasteiger partial charge in [0.25, 0.3) is 0 Å². The van der Waals surface area contributed by atoms with Gasteiger partial charge in [-0.2, -0.15) is 0 Å². The fourth-order valence-corrected chi connectivity index (χ4v) is 4.10. The summed E-state index contributed by atoms with van der Waals surface area (Å²) in [6.07, 6.45) is 0. The summed E-state index contributed by atoms with van der Waals surface area (Å²) >= 11 is 0. The highest BCUT2D eigenvalue weighted by Crippen LogP contribution is 2.26. The van der Waals surface area contributed by atoms with Crippen LogP contribution >= 0.6 is 0 Å². The summed E-state index contributed by atoms with van der Waals surface area (Å²) in [7, 11) is -2.08. The van der Waals surface area contributed by atoms with E-state index >= 15 is 0 Å². The highest BCUT2D eigenvalue weighted by atomic mass is 32.2. The zero-order chi connectivity index (χ0) is 17.7. The predicted molar refractivity (Wildman–Crippen MR) is 94.1 cm³/mol. The second kappa shape index (κ2) is 7.68. The van der Waals surface area contributed by atoms with Gasteiger partial charge in [-0.05, 0) is 50.1 Å². The number of hydrogen-bond donors (Lipinski definition) is 1. The van der Waals surface area contributed by atoms with E-state index in [0.29, 0.717) is 29.2 Å². The fourth-order valence-electron chi connectivity index (χ4n) is 2.64. The van der Waals surface area contributed by atoms with Gasteiger partial charge in [-0.25, -0.2) is 13.1 Å². The molecule has 0 unspecified atom stereocenters. The van der Waals surface area contributed by atoms with Crippen molar-refractivity contribution < 1.29 is 17.9 Å². The first-order chi connectivity index (χ1) is 11.4. The summed E-state index contributed by atoms with van der Waals surface area (Å²) < 4.78 is 38.8. The molecule has 0 saturated heterocycles. The Hall–Kier alpha value is -2.05. The number of nitrogens with one attached hydrogen (secondary N) is 1. The van der Waals surface area contributed by atoms with Crippen LogP contribution in [0.5, 0.6) is 11.5 Å². The van der Waals surface area contributed by atoms with E-state index in [-0.39, 0.29) is 11.4 Å². The first-order valence-corrected chi connectivity index (χ1v) is 9.23. The molecule has 6 heteroatoms. The highest BCUT2D eigenvalue weighted by Gasteiger charge is 2.20. The van der Waals surface area contributed by atoms with E-state index in [1.807, 2.05) is 31.2 Å². The maximum absolute atomic E-state index is 12.7. The molecule has 0 bridgehead atoms. The van der Waals surface area contributed by atoms with Gasteiger partial charge in [-0.3, -0.25) is 0 Å². The van der Waals surface area contributed by atoms with Crippen molar-refractivity contribution in [1.29, 1.82) is 0 Å². The molecule has 2 aromatic carbocycles. The Morgan fingerprint density at radius 3 is 2.29 bits per heavy atom. The van der Waals surface area contributed by atoms with Gasteiger partial charge in [0.1, 0.15) is 11.5 Å². The Balaban J connectivity index is 2.27. The minimum atomic E-state index is -3.64. The van der Waals surface area contributed by atoms with Crippen LogP contribution in [-0.2, 0) is 16.6 Å². The van der Waals surface area contributed by atoms with E-state index in [1.54, 1.807) is 33.1 Å². The van der Waals surface area contributed by atoms with Crippen molar-refractivity contribution in [3.05, 3.63) is 53.1 Å². The van der Waals surface area contributed by atoms with Crippen LogP contribution in [0.3, 0.4) is 0 Å². The van der Waals surface area contributed by atoms with Gasteiger partial charge in [-0.15, -0.1) is 0 Å². The Morgan fingerprint density at radius 1 is 1.08 bits per heavy atom. The van der Waals surface area contributed by atoms with Gasteiger partial charge in [0.2, 0.25) is 10.0 Å². The number of benzene rings is 2. The average Bonchev–Trinajstić information content (AvgIpc) is 2.53. The molecular weight excluding hydrogens is 326 g/mol. The number of para-hydroxylation sites is 1. The zero-order valence-electron chi connectivity index (χ0n) is 14.4. The van der Waals surface area contributed by atoms with Crippen LogP contribution < -0.4 is 14.2 Å². The summed E-state index contributed by atoms with van der Waals surface area (Å²) in [6.45, 7) is 6.12. The predicted octanol–water partition coefficient (Wildman–Crippen LogP) is 3.19. The zero-order valence-corrected chi connectivity index (χ0v) is 15.2. The normalized spacial score (nSPS) is 11.3. The lowest BCUT2D eigenvalue weighted by Crippen LogP contribution is -2.25. The number of aryl methyl sites for hydroxylation is 2. The van der Waals surface area contributed by atoms with Crippen LogP contribution in [0.15, 0.2) is 41.3 Å². The number of methoxy groups -OCH3 is 1. The minimum Gasteiger partial charge on any atom is -0.497 e. The number of hydrogen-bond acceptors (Lipinski definition) is 4. The Labute approximate surface area is 143 Å². The standard InChI is InChI=1S/C18H23NO4S/c1-5-23-17-9-7-6-8-15(17)12-19-24(20,21)18-13(2)10-16(22-4)11-14(18)3/h6-11,19H,5,12H2,1-4H3. The van der Waals surface area contributed by atoms with Crippen molar-refractivity contribution in [2.75, 3.05) is 13.7 Å². The molecule has 0 atom stereocenters. The third-order valence-electron chi connectivity index (χ3n) is 3.66. The van der Waals surface area contributed by atoms with Crippen LogP contribution in [0.2, 0.25) is 0 Å². The molecule has 0 heterocycles. The fraction of sp³-hybridized carbons (Fsp3) is 0.333. The van der Waals surface area contributed by atoms with Crippen LogP contribution in [-0.4, -0.2) is 22.1 Å². The first kappa shape index (κ1) is 18.3. The lowest BCUT2D eigenvalue weighted by atomic mass is 10.1. The monoisotopic (exact) mass is 349 g/mol. The lowest BCUT2D eigenvalue weighted by molar-refractivity contribution is 0.336. The van der Waals surface area contributed by atoms with Gasteiger partial charge in [0.15, 0.2) is 0 Å². The number of ether oxygens (including phenoxy) is 2. The highest BCUT2D eigenvalue weighted by molar-refractivity contribution is 7.89. The minimum absolute atomic E-state index is 0.170. The lowest BCUT2D eigenvalue weighted by Gasteiger charge is -2.15. The van der Waals surface area contributed by atoms with Gasteiger partial charge < -0.3 is 9.47 Å². The van der Waals surface area contributed by atoms with E-state index in [2.05, 4.69) is 4.72 Å². The van der Waals surface area contributed by atoms with Gasteiger partial charge >= 0.3 is 0 Å². The molecule has 5 nitrogen and oxygen atoms in total. The van der Waals surface area contributed by atoms with Crippen LogP contribution in [0, 0.1) is 13.8 Å². The molecular formula is C18H23NO4S. The average molecular weight is 349 g/mol. The summed E-state index contributed by atoms with van der Waals surface area (Å²) in [5.41, 5.74) is 2.10. The molecule has 0 saturated carbocycles. The van der Waals surface area contributed by atoms with E-state index in [1.165, 1.54) is 0 Å². The van der Waals surface area contributed by atoms with Gasteiger partial charge in [-0.1, -0.05) is 18.2 Å². The molecule has 0 aromatic heterocycles. The summed E-state index contributed by atoms with van der Waals surface area (Å²) in [5, 5.41) is 0. The molecule has 0 aliphatic heterocycles. The Morgan fingerprint density at radius 2 is 1.71 bits per heavy atom. The van der Waals surface area contributed by atoms with Crippen LogP contribution in [0.1, 0.15) is 23.6 Å². The molecule has 0 aliphatic carbocycles. The SMILES string of the molecule is CCOc1ccccc1CNS(=O)(=O)c1c(C)cc(OC)cc1C. The van der Waals surface area contributed by atoms with E-state index in [4.69, 9.17) is 9.47 Å². The maximum atomic E-state index is 12.7. The second-order valence-electron chi connectivity index (χ2n) is 5.46. The summed E-state index contributed by atoms with van der Waals surface area (Å²) in [5.74, 6) is 1.33. The first-order valence-electron chi connectivity index (χ1n) is 7.74. The molecule has 0 spiro atoms. The molecule has 0 radical (unpaired) electrons. The number of rotatable bonds is 7. The molecule has 0 fully saturated rings. The molecule has 130 valence electrons. The van der Waals surface area contributed by atoms with E-state index < -0.39 is 10.0 Å². The third kappa shape index (κ3) is 4.07. The van der Waals surface area contributed by atoms with Crippen molar-refractivity contribution in [2.24, 2.45) is 0 Å². The van der Waals surface area contributed by atoms with Crippen molar-refractivity contribution in [3.8, 4) is 11.5 Å². The molecule has 1 N–H and O–H groups in total. The van der Waals surface area contributed by atoms with Gasteiger partial charge in [0, 0.05) is 12.1 Å². The number of sulfonamides is 1. The molecule has 0 amide bonds. The molecule has 2 aromatic rings. The van der Waals surface area contributed by atoms with Crippen molar-refractivity contribution in [1.82, 2.24) is 4.72 Å². The van der Waals surface area contributed by atoms with E-state index in [0.717, 1.165) is 5.56 Å². The smallest absolute Gasteiger partial charge is 0.241 e. The molecule has 24 heavy (non-hydrogen) atoms. The van der Waals surface area contributed by atoms with Crippen molar-refractivity contribution >= 4 is 10.0 Å². The molecule has 2 rings (SSSR count). The van der Waals surface area contributed by atoms with Crippen LogP contribution in [0.4, 0.5) is 0 Å². The summed E-state index contributed by atoms with van der Waals surface area (Å²) in [4.78, 5) is 0.289. The largest absolute Gasteiger partial charge is 0.497 e. The van der Waals surface area contributed by atoms with E-state index in [9.17, 15) is 8.42 Å². The van der Waals surface area contributed by atoms with Gasteiger partial charge in [0.05, 0.1) is 18.6 Å². The second-order valence-corrected chi connectivity index (χ2v) is 7.16. The molecule has 0 aliphatic rings. The maximum Gasteiger partial charge on any atom is 0.241 e.